The number of rotatable bonds is 4. The molecule has 1 saturated heterocycles. The lowest BCUT2D eigenvalue weighted by Gasteiger charge is -2.29. The zero-order chi connectivity index (χ0) is 17.9. The second kappa shape index (κ2) is 7.27. The number of amides is 1. The molecule has 0 unspecified atom stereocenters. The van der Waals surface area contributed by atoms with Gasteiger partial charge in [-0.25, -0.2) is 4.98 Å². The van der Waals surface area contributed by atoms with Crippen molar-refractivity contribution in [2.24, 2.45) is 0 Å². The maximum absolute atomic E-state index is 12.6. The van der Waals surface area contributed by atoms with E-state index in [0.29, 0.717) is 35.2 Å². The summed E-state index contributed by atoms with van der Waals surface area (Å²) >= 11 is 1.37. The van der Waals surface area contributed by atoms with E-state index in [4.69, 9.17) is 9.47 Å². The molecule has 0 atom stereocenters. The van der Waals surface area contributed by atoms with Crippen LogP contribution in [0.1, 0.15) is 9.80 Å². The minimum absolute atomic E-state index is 0.255. The molecule has 1 aliphatic rings. The van der Waals surface area contributed by atoms with Gasteiger partial charge in [-0.1, -0.05) is 0 Å². The van der Waals surface area contributed by atoms with Crippen molar-refractivity contribution in [2.75, 3.05) is 43.6 Å². The predicted molar refractivity (Wildman–Crippen MR) is 101 cm³/mol. The average molecular weight is 370 g/mol. The fourth-order valence-electron chi connectivity index (χ4n) is 2.91. The highest BCUT2D eigenvalue weighted by molar-refractivity contribution is 7.21. The normalized spacial score (nSPS) is 14.4. The average Bonchev–Trinajstić information content (AvgIpc) is 3.14. The van der Waals surface area contributed by atoms with Gasteiger partial charge in [0, 0.05) is 19.3 Å². The van der Waals surface area contributed by atoms with Crippen LogP contribution in [0.15, 0.2) is 36.7 Å². The minimum atomic E-state index is -0.255. The zero-order valence-electron chi connectivity index (χ0n) is 14.3. The van der Waals surface area contributed by atoms with Crippen molar-refractivity contribution in [1.82, 2.24) is 9.97 Å². The van der Waals surface area contributed by atoms with Crippen LogP contribution in [-0.4, -0.2) is 49.3 Å². The third kappa shape index (κ3) is 3.21. The van der Waals surface area contributed by atoms with Crippen LogP contribution < -0.4 is 15.0 Å². The number of methoxy groups -OCH3 is 1. The molecule has 0 saturated carbocycles. The van der Waals surface area contributed by atoms with Gasteiger partial charge in [-0.15, -0.1) is 11.3 Å². The topological polar surface area (TPSA) is 76.6 Å². The van der Waals surface area contributed by atoms with E-state index < -0.39 is 0 Å². The van der Waals surface area contributed by atoms with Crippen molar-refractivity contribution >= 4 is 38.8 Å². The Morgan fingerprint density at radius 3 is 2.88 bits per heavy atom. The number of morpholine rings is 1. The Hall–Kier alpha value is -2.71. The first-order chi connectivity index (χ1) is 12.8. The van der Waals surface area contributed by atoms with Crippen LogP contribution in [0.5, 0.6) is 5.75 Å². The molecule has 1 aliphatic heterocycles. The Morgan fingerprint density at radius 2 is 2.15 bits per heavy atom. The van der Waals surface area contributed by atoms with E-state index in [1.165, 1.54) is 11.3 Å². The maximum Gasteiger partial charge on any atom is 0.284 e. The van der Waals surface area contributed by atoms with Crippen molar-refractivity contribution in [3.8, 4) is 5.75 Å². The van der Waals surface area contributed by atoms with Crippen molar-refractivity contribution in [1.29, 1.82) is 0 Å². The summed E-state index contributed by atoms with van der Waals surface area (Å²) in [5.74, 6) is 0.405. The largest absolute Gasteiger partial charge is 0.494 e. The highest BCUT2D eigenvalue weighted by Crippen LogP contribution is 2.38. The number of pyridine rings is 1. The highest BCUT2D eigenvalue weighted by atomic mass is 32.1. The quantitative estimate of drug-likeness (QED) is 0.761. The molecule has 4 rings (SSSR count). The Bertz CT molecular complexity index is 923. The van der Waals surface area contributed by atoms with Crippen LogP contribution in [0.3, 0.4) is 0 Å². The molecule has 26 heavy (non-hydrogen) atoms. The summed E-state index contributed by atoms with van der Waals surface area (Å²) < 4.78 is 11.8. The molecule has 2 aromatic heterocycles. The van der Waals surface area contributed by atoms with Gasteiger partial charge in [0.1, 0.15) is 11.3 Å². The number of ether oxygens (including phenoxy) is 2. The molecule has 1 amide bonds. The molecule has 0 bridgehead atoms. The number of anilines is 2. The molecule has 1 N–H and O–H groups in total. The third-order valence-electron chi connectivity index (χ3n) is 4.17. The second-order valence-electron chi connectivity index (χ2n) is 5.78. The van der Waals surface area contributed by atoms with Crippen LogP contribution in [0, 0.1) is 0 Å². The molecular weight excluding hydrogens is 352 g/mol. The molecule has 1 fully saturated rings. The first-order valence-electron chi connectivity index (χ1n) is 8.28. The SMILES string of the molecule is COc1ccc(N2CCOCC2)c2sc(C(=O)Nc3cccnc3)nc12. The number of aromatic nitrogens is 2. The van der Waals surface area contributed by atoms with Crippen LogP contribution in [0.4, 0.5) is 11.4 Å². The number of benzene rings is 1. The molecule has 0 radical (unpaired) electrons. The second-order valence-corrected chi connectivity index (χ2v) is 6.78. The van der Waals surface area contributed by atoms with Gasteiger partial charge in [-0.3, -0.25) is 9.78 Å². The standard InChI is InChI=1S/C18H18N4O3S/c1-24-14-5-4-13(22-7-9-25-10-8-22)16-15(14)21-18(26-16)17(23)20-12-3-2-6-19-11-12/h2-6,11H,7-10H2,1H3,(H,20,23). The number of hydrogen-bond acceptors (Lipinski definition) is 7. The number of carbonyl (C=O) groups excluding carboxylic acids is 1. The maximum atomic E-state index is 12.6. The highest BCUT2D eigenvalue weighted by Gasteiger charge is 2.21. The molecule has 0 aliphatic carbocycles. The first kappa shape index (κ1) is 16.7. The molecule has 134 valence electrons. The summed E-state index contributed by atoms with van der Waals surface area (Å²) in [4.78, 5) is 23.4. The van der Waals surface area contributed by atoms with Crippen molar-refractivity contribution in [3.63, 3.8) is 0 Å². The summed E-state index contributed by atoms with van der Waals surface area (Å²) in [7, 11) is 1.61. The summed E-state index contributed by atoms with van der Waals surface area (Å²) in [5.41, 5.74) is 2.40. The van der Waals surface area contributed by atoms with E-state index in [1.54, 1.807) is 31.6 Å². The summed E-state index contributed by atoms with van der Waals surface area (Å²) in [6, 6.07) is 7.48. The van der Waals surface area contributed by atoms with Gasteiger partial charge < -0.3 is 19.7 Å². The Labute approximate surface area is 154 Å². The molecular formula is C18H18N4O3S. The van der Waals surface area contributed by atoms with Gasteiger partial charge in [-0.2, -0.15) is 0 Å². The lowest BCUT2D eigenvalue weighted by atomic mass is 10.2. The zero-order valence-corrected chi connectivity index (χ0v) is 15.1. The van der Waals surface area contributed by atoms with Gasteiger partial charge >= 0.3 is 0 Å². The summed E-state index contributed by atoms with van der Waals surface area (Å²) in [6.07, 6.45) is 3.26. The smallest absolute Gasteiger partial charge is 0.284 e. The van der Waals surface area contributed by atoms with Crippen molar-refractivity contribution in [2.45, 2.75) is 0 Å². The number of nitrogens with one attached hydrogen (secondary N) is 1. The molecule has 8 heteroatoms. The summed E-state index contributed by atoms with van der Waals surface area (Å²) in [5, 5.41) is 3.22. The molecule has 0 spiro atoms. The van der Waals surface area contributed by atoms with Gasteiger partial charge in [-0.05, 0) is 24.3 Å². The van der Waals surface area contributed by atoms with E-state index in [2.05, 4.69) is 20.2 Å². The van der Waals surface area contributed by atoms with Crippen LogP contribution in [0.2, 0.25) is 0 Å². The monoisotopic (exact) mass is 370 g/mol. The van der Waals surface area contributed by atoms with Gasteiger partial charge in [0.25, 0.3) is 5.91 Å². The van der Waals surface area contributed by atoms with Crippen molar-refractivity contribution < 1.29 is 14.3 Å². The van der Waals surface area contributed by atoms with Gasteiger partial charge in [0.15, 0.2) is 5.01 Å². The van der Waals surface area contributed by atoms with E-state index in [0.717, 1.165) is 23.5 Å². The van der Waals surface area contributed by atoms with Crippen LogP contribution in [0.25, 0.3) is 10.2 Å². The number of nitrogens with zero attached hydrogens (tertiary/aromatic N) is 3. The molecule has 3 aromatic rings. The Kier molecular flexibility index (Phi) is 4.68. The number of thiazole rings is 1. The summed E-state index contributed by atoms with van der Waals surface area (Å²) in [6.45, 7) is 3.02. The molecule has 1 aromatic carbocycles. The van der Waals surface area contributed by atoms with E-state index in [1.807, 2.05) is 12.1 Å². The molecule has 7 nitrogen and oxygen atoms in total. The first-order valence-corrected chi connectivity index (χ1v) is 9.09. The number of carbonyl (C=O) groups is 1. The third-order valence-corrected chi connectivity index (χ3v) is 5.25. The van der Waals surface area contributed by atoms with Gasteiger partial charge in [0.05, 0.1) is 42.6 Å². The lowest BCUT2D eigenvalue weighted by Crippen LogP contribution is -2.36. The number of hydrogen-bond donors (Lipinski definition) is 1. The lowest BCUT2D eigenvalue weighted by molar-refractivity contribution is 0.102. The molecule has 3 heterocycles. The fourth-order valence-corrected chi connectivity index (χ4v) is 3.92. The van der Waals surface area contributed by atoms with E-state index in [9.17, 15) is 4.79 Å². The van der Waals surface area contributed by atoms with Crippen LogP contribution in [-0.2, 0) is 4.74 Å². The van der Waals surface area contributed by atoms with Crippen LogP contribution >= 0.6 is 11.3 Å². The Morgan fingerprint density at radius 1 is 1.31 bits per heavy atom. The van der Waals surface area contributed by atoms with Gasteiger partial charge in [0.2, 0.25) is 0 Å². The fraction of sp³-hybridized carbons (Fsp3) is 0.278. The predicted octanol–water partition coefficient (Wildman–Crippen LogP) is 2.79. The van der Waals surface area contributed by atoms with E-state index >= 15 is 0 Å². The minimum Gasteiger partial charge on any atom is -0.494 e. The number of fused-ring (bicyclic) bond motifs is 1. The van der Waals surface area contributed by atoms with Crippen molar-refractivity contribution in [3.05, 3.63) is 41.7 Å². The Balaban J connectivity index is 1.71. The van der Waals surface area contributed by atoms with E-state index in [-0.39, 0.29) is 5.91 Å².